The van der Waals surface area contributed by atoms with Crippen molar-refractivity contribution in [3.8, 4) is 5.75 Å². The Morgan fingerprint density at radius 2 is 1.95 bits per heavy atom. The number of piperidine rings is 1. The number of nitrogens with zero attached hydrogens (tertiary/aromatic N) is 1. The van der Waals surface area contributed by atoms with Gasteiger partial charge in [-0.15, -0.1) is 0 Å². The number of para-hydroxylation sites is 1. The Morgan fingerprint density at radius 1 is 1.19 bits per heavy atom. The summed E-state index contributed by atoms with van der Waals surface area (Å²) in [6.07, 6.45) is 1.04. The predicted molar refractivity (Wildman–Crippen MR) is 76.8 cm³/mol. The summed E-state index contributed by atoms with van der Waals surface area (Å²) < 4.78 is 5.49. The summed E-state index contributed by atoms with van der Waals surface area (Å²) in [4.78, 5) is 14.0. The number of carbonyl (C=O) groups excluding carboxylic acids is 1. The van der Waals surface area contributed by atoms with Crippen LogP contribution >= 0.6 is 0 Å². The van der Waals surface area contributed by atoms with Crippen molar-refractivity contribution in [1.29, 1.82) is 0 Å². The number of fused-ring (bicyclic) bond motifs is 2. The molecule has 1 amide bonds. The number of carbonyl (C=O) groups is 1. The van der Waals surface area contributed by atoms with Gasteiger partial charge in [0.2, 0.25) is 0 Å². The van der Waals surface area contributed by atoms with Crippen LogP contribution in [0.15, 0.2) is 30.3 Å². The first-order valence-electron chi connectivity index (χ1n) is 7.48. The average molecular weight is 291 g/mol. The first-order valence-corrected chi connectivity index (χ1v) is 7.48. The molecule has 5 heteroatoms. The van der Waals surface area contributed by atoms with Crippen molar-refractivity contribution in [3.63, 3.8) is 0 Å². The van der Waals surface area contributed by atoms with Gasteiger partial charge in [0.05, 0.1) is 12.2 Å². The van der Waals surface area contributed by atoms with Crippen molar-refractivity contribution < 1.29 is 19.7 Å². The lowest BCUT2D eigenvalue weighted by Crippen LogP contribution is -2.58. The smallest absolute Gasteiger partial charge is 0.260 e. The zero-order valence-electron chi connectivity index (χ0n) is 11.9. The highest BCUT2D eigenvalue weighted by Crippen LogP contribution is 2.35. The van der Waals surface area contributed by atoms with Gasteiger partial charge in [0.15, 0.2) is 6.61 Å². The Hall–Kier alpha value is -1.59. The van der Waals surface area contributed by atoms with Gasteiger partial charge < -0.3 is 19.8 Å². The molecular formula is C16H21NO4. The fourth-order valence-electron chi connectivity index (χ4n) is 3.40. The van der Waals surface area contributed by atoms with Crippen molar-refractivity contribution >= 4 is 5.91 Å². The van der Waals surface area contributed by atoms with Gasteiger partial charge >= 0.3 is 0 Å². The molecule has 2 N–H and O–H groups in total. The van der Waals surface area contributed by atoms with Gasteiger partial charge in [-0.05, 0) is 31.4 Å². The molecule has 5 nitrogen and oxygen atoms in total. The minimum Gasteiger partial charge on any atom is -0.484 e. The molecule has 114 valence electrons. The molecular weight excluding hydrogens is 270 g/mol. The topological polar surface area (TPSA) is 70.0 Å². The van der Waals surface area contributed by atoms with Crippen molar-refractivity contribution in [2.24, 2.45) is 5.92 Å². The molecule has 1 aromatic rings. The van der Waals surface area contributed by atoms with Crippen LogP contribution in [-0.4, -0.2) is 52.4 Å². The van der Waals surface area contributed by atoms with Crippen LogP contribution in [0.1, 0.15) is 19.3 Å². The Kier molecular flexibility index (Phi) is 4.12. The highest BCUT2D eigenvalue weighted by atomic mass is 16.5. The molecule has 1 aromatic carbocycles. The SMILES string of the molecule is O=C(COc1ccccc1)N1C[C@H](O)[C@H]2C[C@@H]1CC[C@@H]2O. The standard InChI is InChI=1S/C16H21NO4/c18-14-7-6-11-8-13(14)15(19)9-17(11)16(20)10-21-12-4-2-1-3-5-12/h1-5,11,13-15,18-19H,6-10H2/t11-,13-,14-,15-/m0/s1. The number of rotatable bonds is 3. The third kappa shape index (κ3) is 3.04. The van der Waals surface area contributed by atoms with Crippen LogP contribution in [-0.2, 0) is 4.79 Å². The average Bonchev–Trinajstić information content (AvgIpc) is 2.51. The third-order valence-corrected chi connectivity index (χ3v) is 4.58. The summed E-state index contributed by atoms with van der Waals surface area (Å²) in [5.41, 5.74) is 0. The minimum absolute atomic E-state index is 0.0134. The van der Waals surface area contributed by atoms with Crippen LogP contribution in [0.25, 0.3) is 0 Å². The van der Waals surface area contributed by atoms with Crippen LogP contribution in [0, 0.1) is 5.92 Å². The van der Waals surface area contributed by atoms with Crippen LogP contribution in [0.5, 0.6) is 5.75 Å². The van der Waals surface area contributed by atoms with Crippen LogP contribution in [0.2, 0.25) is 0 Å². The third-order valence-electron chi connectivity index (χ3n) is 4.58. The molecule has 4 atom stereocenters. The van der Waals surface area contributed by atoms with Crippen LogP contribution in [0.4, 0.5) is 0 Å². The largest absolute Gasteiger partial charge is 0.484 e. The number of hydrogen-bond acceptors (Lipinski definition) is 4. The van der Waals surface area contributed by atoms with Gasteiger partial charge in [-0.1, -0.05) is 18.2 Å². The predicted octanol–water partition coefficient (Wildman–Crippen LogP) is 0.798. The van der Waals surface area contributed by atoms with Gasteiger partial charge in [-0.2, -0.15) is 0 Å². The second-order valence-electron chi connectivity index (χ2n) is 5.91. The Morgan fingerprint density at radius 3 is 2.71 bits per heavy atom. The number of benzene rings is 1. The summed E-state index contributed by atoms with van der Waals surface area (Å²) in [7, 11) is 0. The summed E-state index contributed by atoms with van der Waals surface area (Å²) in [6.45, 7) is 0.282. The van der Waals surface area contributed by atoms with E-state index in [9.17, 15) is 15.0 Å². The van der Waals surface area contributed by atoms with Gasteiger partial charge in [0.1, 0.15) is 5.75 Å². The van der Waals surface area contributed by atoms with E-state index >= 15 is 0 Å². The Balaban J connectivity index is 1.60. The highest BCUT2D eigenvalue weighted by molar-refractivity contribution is 5.78. The lowest BCUT2D eigenvalue weighted by Gasteiger charge is -2.47. The summed E-state index contributed by atoms with van der Waals surface area (Å²) in [5, 5.41) is 20.0. The molecule has 1 saturated heterocycles. The monoisotopic (exact) mass is 291 g/mol. The molecule has 0 radical (unpaired) electrons. The van der Waals surface area contributed by atoms with Gasteiger partial charge in [0.25, 0.3) is 5.91 Å². The van der Waals surface area contributed by atoms with E-state index in [1.165, 1.54) is 0 Å². The van der Waals surface area contributed by atoms with E-state index in [4.69, 9.17) is 4.74 Å². The van der Waals surface area contributed by atoms with Gasteiger partial charge in [-0.25, -0.2) is 0 Å². The molecule has 1 heterocycles. The number of amides is 1. The van der Waals surface area contributed by atoms with Crippen LogP contribution in [0.3, 0.4) is 0 Å². The first kappa shape index (κ1) is 14.4. The lowest BCUT2D eigenvalue weighted by atomic mass is 9.76. The quantitative estimate of drug-likeness (QED) is 0.864. The Bertz CT molecular complexity index is 492. The van der Waals surface area contributed by atoms with E-state index < -0.39 is 12.2 Å². The van der Waals surface area contributed by atoms with E-state index in [0.29, 0.717) is 25.1 Å². The molecule has 3 rings (SSSR count). The molecule has 0 unspecified atom stereocenters. The van der Waals surface area contributed by atoms with E-state index in [2.05, 4.69) is 0 Å². The number of aliphatic hydroxyl groups is 2. The summed E-state index contributed by atoms with van der Waals surface area (Å²) in [6, 6.07) is 9.35. The summed E-state index contributed by atoms with van der Waals surface area (Å²) >= 11 is 0. The van der Waals surface area contributed by atoms with Crippen molar-refractivity contribution in [2.45, 2.75) is 37.5 Å². The first-order chi connectivity index (χ1) is 10.1. The van der Waals surface area contributed by atoms with Crippen molar-refractivity contribution in [2.75, 3.05) is 13.2 Å². The van der Waals surface area contributed by atoms with Crippen LogP contribution < -0.4 is 4.74 Å². The maximum atomic E-state index is 12.3. The zero-order chi connectivity index (χ0) is 14.8. The van der Waals surface area contributed by atoms with E-state index in [1.54, 1.807) is 4.90 Å². The second-order valence-corrected chi connectivity index (χ2v) is 5.91. The number of likely N-dealkylation sites (tertiary alicyclic amines) is 1. The van der Waals surface area contributed by atoms with E-state index in [1.807, 2.05) is 30.3 Å². The number of aliphatic hydroxyl groups excluding tert-OH is 2. The van der Waals surface area contributed by atoms with Crippen molar-refractivity contribution in [3.05, 3.63) is 30.3 Å². The number of hydrogen-bond donors (Lipinski definition) is 2. The maximum Gasteiger partial charge on any atom is 0.260 e. The molecule has 0 spiro atoms. The normalized spacial score (nSPS) is 31.8. The fourth-order valence-corrected chi connectivity index (χ4v) is 3.40. The Labute approximate surface area is 124 Å². The van der Waals surface area contributed by atoms with Gasteiger partial charge in [0, 0.05) is 18.5 Å². The second kappa shape index (κ2) is 6.03. The molecule has 2 bridgehead atoms. The highest BCUT2D eigenvalue weighted by Gasteiger charge is 2.43. The molecule has 21 heavy (non-hydrogen) atoms. The number of ether oxygens (including phenoxy) is 1. The molecule has 1 aliphatic heterocycles. The lowest BCUT2D eigenvalue weighted by molar-refractivity contribution is -0.149. The van der Waals surface area contributed by atoms with Gasteiger partial charge in [-0.3, -0.25) is 4.79 Å². The van der Waals surface area contributed by atoms with Crippen molar-refractivity contribution in [1.82, 2.24) is 4.90 Å². The maximum absolute atomic E-state index is 12.3. The minimum atomic E-state index is -0.641. The molecule has 1 saturated carbocycles. The number of β-amino-alcohol motifs (C(OH)–C–C–N with tert-alkyl or cyclic N) is 1. The van der Waals surface area contributed by atoms with E-state index in [0.717, 1.165) is 6.42 Å². The molecule has 2 fully saturated rings. The molecule has 0 aromatic heterocycles. The summed E-state index contributed by atoms with van der Waals surface area (Å²) in [5.74, 6) is 0.473. The molecule has 2 aliphatic rings. The molecule has 1 aliphatic carbocycles. The zero-order valence-corrected chi connectivity index (χ0v) is 11.9. The fraction of sp³-hybridized carbons (Fsp3) is 0.562. The van der Waals surface area contributed by atoms with E-state index in [-0.39, 0.29) is 24.5 Å².